The van der Waals surface area contributed by atoms with Crippen molar-refractivity contribution in [2.75, 3.05) is 7.05 Å². The molecule has 0 aliphatic carbocycles. The van der Waals surface area contributed by atoms with E-state index in [1.807, 2.05) is 18.2 Å². The van der Waals surface area contributed by atoms with Crippen LogP contribution in [-0.4, -0.2) is 23.0 Å². The van der Waals surface area contributed by atoms with Crippen LogP contribution < -0.4 is 0 Å². The van der Waals surface area contributed by atoms with Gasteiger partial charge in [-0.15, -0.1) is 0 Å². The second kappa shape index (κ2) is 7.60. The second-order valence-corrected chi connectivity index (χ2v) is 5.37. The number of benzene rings is 2. The van der Waals surface area contributed by atoms with Gasteiger partial charge in [-0.25, -0.2) is 0 Å². The van der Waals surface area contributed by atoms with E-state index in [0.717, 1.165) is 18.7 Å². The first kappa shape index (κ1) is 15.3. The summed E-state index contributed by atoms with van der Waals surface area (Å²) in [5.41, 5.74) is 3.62. The number of carbonyl (C=O) groups is 1. The van der Waals surface area contributed by atoms with Crippen LogP contribution in [0.3, 0.4) is 0 Å². The van der Waals surface area contributed by atoms with Gasteiger partial charge in [0, 0.05) is 19.5 Å². The number of hydrogen-bond donors (Lipinski definition) is 1. The Bertz CT molecular complexity index is 564. The largest absolute Gasteiger partial charge is 0.481 e. The molecule has 0 atom stereocenters. The van der Waals surface area contributed by atoms with Crippen molar-refractivity contribution in [2.24, 2.45) is 0 Å². The van der Waals surface area contributed by atoms with Crippen molar-refractivity contribution >= 4 is 5.97 Å². The fourth-order valence-electron chi connectivity index (χ4n) is 2.33. The topological polar surface area (TPSA) is 40.5 Å². The number of carboxylic acids is 1. The van der Waals surface area contributed by atoms with Crippen LogP contribution in [-0.2, 0) is 24.3 Å². The standard InChI is InChI=1S/C18H21NO2/c1-19(13-16-5-3-2-4-6-16)14-17-9-7-15(8-10-17)11-12-18(20)21/h2-10H,11-14H2,1H3,(H,20,21). The molecule has 2 aromatic carbocycles. The highest BCUT2D eigenvalue weighted by atomic mass is 16.4. The third kappa shape index (κ3) is 5.40. The Hall–Kier alpha value is -2.13. The molecule has 0 saturated heterocycles. The van der Waals surface area contributed by atoms with Gasteiger partial charge in [-0.1, -0.05) is 54.6 Å². The van der Waals surface area contributed by atoms with E-state index in [4.69, 9.17) is 5.11 Å². The Morgan fingerprint density at radius 1 is 0.905 bits per heavy atom. The van der Waals surface area contributed by atoms with Gasteiger partial charge in [-0.2, -0.15) is 0 Å². The van der Waals surface area contributed by atoms with Crippen molar-refractivity contribution in [3.8, 4) is 0 Å². The van der Waals surface area contributed by atoms with Gasteiger partial charge < -0.3 is 5.11 Å². The van der Waals surface area contributed by atoms with Gasteiger partial charge in [0.25, 0.3) is 0 Å². The highest BCUT2D eigenvalue weighted by molar-refractivity contribution is 5.67. The van der Waals surface area contributed by atoms with E-state index in [1.54, 1.807) is 0 Å². The molecule has 0 bridgehead atoms. The van der Waals surface area contributed by atoms with E-state index in [0.29, 0.717) is 6.42 Å². The van der Waals surface area contributed by atoms with E-state index < -0.39 is 5.97 Å². The molecule has 0 fully saturated rings. The molecule has 0 aliphatic rings. The van der Waals surface area contributed by atoms with Crippen molar-refractivity contribution in [3.63, 3.8) is 0 Å². The van der Waals surface area contributed by atoms with Crippen LogP contribution >= 0.6 is 0 Å². The number of carboxylic acid groups (broad SMARTS) is 1. The summed E-state index contributed by atoms with van der Waals surface area (Å²) in [5, 5.41) is 8.68. The SMILES string of the molecule is CN(Cc1ccccc1)Cc1ccc(CCC(=O)O)cc1. The molecule has 0 heterocycles. The maximum Gasteiger partial charge on any atom is 0.303 e. The van der Waals surface area contributed by atoms with Gasteiger partial charge in [0.05, 0.1) is 0 Å². The van der Waals surface area contributed by atoms with Crippen LogP contribution in [0.1, 0.15) is 23.1 Å². The summed E-state index contributed by atoms with van der Waals surface area (Å²) in [6.07, 6.45) is 0.780. The Morgan fingerprint density at radius 2 is 1.43 bits per heavy atom. The number of rotatable bonds is 7. The first-order valence-electron chi connectivity index (χ1n) is 7.15. The molecule has 2 rings (SSSR count). The fourth-order valence-corrected chi connectivity index (χ4v) is 2.33. The first-order valence-corrected chi connectivity index (χ1v) is 7.15. The molecule has 3 nitrogen and oxygen atoms in total. The Labute approximate surface area is 125 Å². The molecule has 0 unspecified atom stereocenters. The van der Waals surface area contributed by atoms with E-state index >= 15 is 0 Å². The summed E-state index contributed by atoms with van der Waals surface area (Å²) >= 11 is 0. The zero-order valence-electron chi connectivity index (χ0n) is 12.3. The minimum absolute atomic E-state index is 0.188. The number of hydrogen-bond acceptors (Lipinski definition) is 2. The van der Waals surface area contributed by atoms with Gasteiger partial charge >= 0.3 is 5.97 Å². The average molecular weight is 283 g/mol. The van der Waals surface area contributed by atoms with Gasteiger partial charge in [-0.05, 0) is 30.2 Å². The lowest BCUT2D eigenvalue weighted by Crippen LogP contribution is -2.17. The van der Waals surface area contributed by atoms with Crippen LogP contribution in [0, 0.1) is 0 Å². The molecular formula is C18H21NO2. The average Bonchev–Trinajstić information content (AvgIpc) is 2.47. The molecule has 0 spiro atoms. The van der Waals surface area contributed by atoms with Gasteiger partial charge in [0.1, 0.15) is 0 Å². The normalized spacial score (nSPS) is 10.8. The van der Waals surface area contributed by atoms with Gasteiger partial charge in [0.15, 0.2) is 0 Å². The van der Waals surface area contributed by atoms with Crippen molar-refractivity contribution in [3.05, 3.63) is 71.3 Å². The van der Waals surface area contributed by atoms with E-state index in [2.05, 4.69) is 48.3 Å². The van der Waals surface area contributed by atoms with Crippen LogP contribution in [0.25, 0.3) is 0 Å². The molecule has 1 N–H and O–H groups in total. The third-order valence-electron chi connectivity index (χ3n) is 3.40. The Kier molecular flexibility index (Phi) is 5.52. The maximum absolute atomic E-state index is 10.6. The molecule has 0 aliphatic heterocycles. The fraction of sp³-hybridized carbons (Fsp3) is 0.278. The Morgan fingerprint density at radius 3 is 2.00 bits per heavy atom. The van der Waals surface area contributed by atoms with Crippen LogP contribution in [0.5, 0.6) is 0 Å². The smallest absolute Gasteiger partial charge is 0.303 e. The maximum atomic E-state index is 10.6. The molecular weight excluding hydrogens is 262 g/mol. The molecule has 21 heavy (non-hydrogen) atoms. The van der Waals surface area contributed by atoms with E-state index in [1.165, 1.54) is 11.1 Å². The number of aliphatic carboxylic acids is 1. The lowest BCUT2D eigenvalue weighted by molar-refractivity contribution is -0.136. The van der Waals surface area contributed by atoms with Gasteiger partial charge in [0.2, 0.25) is 0 Å². The molecule has 110 valence electrons. The summed E-state index contributed by atoms with van der Waals surface area (Å²) in [7, 11) is 2.10. The molecule has 3 heteroatoms. The Balaban J connectivity index is 1.86. The molecule has 0 saturated carbocycles. The summed E-state index contributed by atoms with van der Waals surface area (Å²) < 4.78 is 0. The number of aryl methyl sites for hydroxylation is 1. The predicted octanol–water partition coefficient (Wildman–Crippen LogP) is 3.34. The zero-order chi connectivity index (χ0) is 15.1. The summed E-state index contributed by atoms with van der Waals surface area (Å²) in [6.45, 7) is 1.80. The monoisotopic (exact) mass is 283 g/mol. The highest BCUT2D eigenvalue weighted by Gasteiger charge is 2.03. The molecule has 2 aromatic rings. The lowest BCUT2D eigenvalue weighted by Gasteiger charge is -2.17. The second-order valence-electron chi connectivity index (χ2n) is 5.37. The minimum Gasteiger partial charge on any atom is -0.481 e. The third-order valence-corrected chi connectivity index (χ3v) is 3.40. The minimum atomic E-state index is -0.748. The molecule has 0 radical (unpaired) electrons. The van der Waals surface area contributed by atoms with Crippen molar-refractivity contribution in [2.45, 2.75) is 25.9 Å². The summed E-state index contributed by atoms with van der Waals surface area (Å²) in [6, 6.07) is 18.6. The van der Waals surface area contributed by atoms with Crippen LogP contribution in [0.2, 0.25) is 0 Å². The molecule has 0 amide bonds. The van der Waals surface area contributed by atoms with Gasteiger partial charge in [-0.3, -0.25) is 9.69 Å². The zero-order valence-corrected chi connectivity index (χ0v) is 12.3. The summed E-state index contributed by atoms with van der Waals surface area (Å²) in [4.78, 5) is 12.8. The molecule has 0 aromatic heterocycles. The van der Waals surface area contributed by atoms with E-state index in [9.17, 15) is 4.79 Å². The highest BCUT2D eigenvalue weighted by Crippen LogP contribution is 2.11. The van der Waals surface area contributed by atoms with Crippen molar-refractivity contribution in [1.82, 2.24) is 4.90 Å². The predicted molar refractivity (Wildman–Crippen MR) is 84.0 cm³/mol. The van der Waals surface area contributed by atoms with E-state index in [-0.39, 0.29) is 6.42 Å². The quantitative estimate of drug-likeness (QED) is 0.847. The number of nitrogens with zero attached hydrogens (tertiary/aromatic N) is 1. The lowest BCUT2D eigenvalue weighted by atomic mass is 10.1. The summed E-state index contributed by atoms with van der Waals surface area (Å²) in [5.74, 6) is -0.748. The van der Waals surface area contributed by atoms with Crippen molar-refractivity contribution in [1.29, 1.82) is 0 Å². The van der Waals surface area contributed by atoms with Crippen LogP contribution in [0.15, 0.2) is 54.6 Å². The first-order chi connectivity index (χ1) is 10.1. The van der Waals surface area contributed by atoms with Crippen molar-refractivity contribution < 1.29 is 9.90 Å². The van der Waals surface area contributed by atoms with Crippen LogP contribution in [0.4, 0.5) is 0 Å².